The first-order chi connectivity index (χ1) is 8.70. The number of methoxy groups -OCH3 is 1. The highest BCUT2D eigenvalue weighted by atomic mass is 16.5. The van der Waals surface area contributed by atoms with Crippen LogP contribution in [-0.4, -0.2) is 18.1 Å². The van der Waals surface area contributed by atoms with Crippen LogP contribution in [0.4, 0.5) is 0 Å². The van der Waals surface area contributed by atoms with Crippen LogP contribution in [0, 0.1) is 0 Å². The van der Waals surface area contributed by atoms with Crippen molar-refractivity contribution in [1.29, 1.82) is 0 Å². The van der Waals surface area contributed by atoms with Crippen molar-refractivity contribution >= 4 is 5.97 Å². The fraction of sp³-hybridized carbons (Fsp3) is 0.143. The molecule has 2 rings (SSSR count). The number of hydrogen-bond acceptors (Lipinski definition) is 3. The summed E-state index contributed by atoms with van der Waals surface area (Å²) in [5.74, 6) is -0.447. The number of ether oxygens (including phenoxy) is 1. The molecule has 2 aromatic rings. The maximum atomic E-state index is 11.6. The van der Waals surface area contributed by atoms with E-state index in [0.717, 1.165) is 5.56 Å². The molecule has 4 nitrogen and oxygen atoms in total. The largest absolute Gasteiger partial charge is 0.465 e. The van der Waals surface area contributed by atoms with Gasteiger partial charge in [-0.2, -0.15) is 0 Å². The molecule has 1 heterocycles. The van der Waals surface area contributed by atoms with Gasteiger partial charge in [0, 0.05) is 12.3 Å². The van der Waals surface area contributed by atoms with Crippen molar-refractivity contribution < 1.29 is 9.53 Å². The maximum absolute atomic E-state index is 11.6. The zero-order valence-electron chi connectivity index (χ0n) is 9.97. The van der Waals surface area contributed by atoms with E-state index in [1.165, 1.54) is 19.4 Å². The van der Waals surface area contributed by atoms with Crippen molar-refractivity contribution in [3.05, 3.63) is 69.6 Å². The van der Waals surface area contributed by atoms with Crippen molar-refractivity contribution in [1.82, 2.24) is 4.98 Å². The van der Waals surface area contributed by atoms with Crippen molar-refractivity contribution in [2.45, 2.75) is 6.42 Å². The Hall–Kier alpha value is -2.36. The van der Waals surface area contributed by atoms with Gasteiger partial charge in [0.15, 0.2) is 0 Å². The third-order valence-electron chi connectivity index (χ3n) is 2.65. The van der Waals surface area contributed by atoms with Gasteiger partial charge in [-0.1, -0.05) is 30.3 Å². The lowest BCUT2D eigenvalue weighted by Crippen LogP contribution is -2.13. The highest BCUT2D eigenvalue weighted by Gasteiger charge is 2.12. The average molecular weight is 243 g/mol. The molecule has 1 N–H and O–H groups in total. The number of H-pyrrole nitrogens is 1. The van der Waals surface area contributed by atoms with E-state index in [9.17, 15) is 9.59 Å². The Labute approximate surface area is 104 Å². The Bertz CT molecular complexity index is 602. The van der Waals surface area contributed by atoms with Crippen molar-refractivity contribution in [2.24, 2.45) is 0 Å². The summed E-state index contributed by atoms with van der Waals surface area (Å²) >= 11 is 0. The van der Waals surface area contributed by atoms with Crippen LogP contribution in [0.3, 0.4) is 0 Å². The summed E-state index contributed by atoms with van der Waals surface area (Å²) < 4.78 is 4.69. The molecule has 0 spiro atoms. The normalized spacial score (nSPS) is 10.1. The summed E-state index contributed by atoms with van der Waals surface area (Å²) in [5, 5.41) is 0. The Kier molecular flexibility index (Phi) is 3.57. The Balaban J connectivity index is 2.40. The fourth-order valence-electron chi connectivity index (χ4n) is 1.78. The number of aromatic amines is 1. The standard InChI is InChI=1S/C14H13NO3/c1-18-14(17)12-9-15-13(16)8-11(12)7-10-5-3-2-4-6-10/h2-6,8-9H,7H2,1H3,(H,15,16). The molecule has 92 valence electrons. The smallest absolute Gasteiger partial charge is 0.339 e. The predicted octanol–water partition coefficient (Wildman–Crippen LogP) is 1.75. The topological polar surface area (TPSA) is 59.2 Å². The van der Waals surface area contributed by atoms with Crippen LogP contribution in [-0.2, 0) is 11.2 Å². The number of esters is 1. The Morgan fingerprint density at radius 3 is 2.67 bits per heavy atom. The molecular formula is C14H13NO3. The second-order valence-corrected chi connectivity index (χ2v) is 3.89. The average Bonchev–Trinajstić information content (AvgIpc) is 2.39. The minimum atomic E-state index is -0.447. The van der Waals surface area contributed by atoms with Gasteiger partial charge in [-0.15, -0.1) is 0 Å². The van der Waals surface area contributed by atoms with Crippen LogP contribution in [0.25, 0.3) is 0 Å². The number of carbonyl (C=O) groups is 1. The molecule has 1 aromatic carbocycles. The lowest BCUT2D eigenvalue weighted by molar-refractivity contribution is 0.0599. The maximum Gasteiger partial charge on any atom is 0.339 e. The number of rotatable bonds is 3. The highest BCUT2D eigenvalue weighted by Crippen LogP contribution is 2.12. The van der Waals surface area contributed by atoms with Crippen LogP contribution in [0.1, 0.15) is 21.5 Å². The van der Waals surface area contributed by atoms with E-state index in [4.69, 9.17) is 4.74 Å². The zero-order chi connectivity index (χ0) is 13.0. The van der Waals surface area contributed by atoms with E-state index in [2.05, 4.69) is 4.98 Å². The molecule has 0 atom stereocenters. The molecule has 0 unspecified atom stereocenters. The summed E-state index contributed by atoms with van der Waals surface area (Å²) in [6.07, 6.45) is 1.92. The van der Waals surface area contributed by atoms with Gasteiger partial charge in [0.2, 0.25) is 5.56 Å². The summed E-state index contributed by atoms with van der Waals surface area (Å²) in [7, 11) is 1.32. The van der Waals surface area contributed by atoms with Gasteiger partial charge >= 0.3 is 5.97 Å². The first-order valence-corrected chi connectivity index (χ1v) is 5.54. The van der Waals surface area contributed by atoms with Gasteiger partial charge in [-0.3, -0.25) is 4.79 Å². The fourth-order valence-corrected chi connectivity index (χ4v) is 1.78. The van der Waals surface area contributed by atoms with Gasteiger partial charge in [-0.25, -0.2) is 4.79 Å². The molecule has 0 amide bonds. The number of benzene rings is 1. The van der Waals surface area contributed by atoms with Crippen LogP contribution in [0.2, 0.25) is 0 Å². The van der Waals surface area contributed by atoms with Gasteiger partial charge < -0.3 is 9.72 Å². The molecule has 4 heteroatoms. The molecule has 0 bridgehead atoms. The van der Waals surface area contributed by atoms with Gasteiger partial charge in [-0.05, 0) is 17.5 Å². The first-order valence-electron chi connectivity index (χ1n) is 5.54. The molecule has 0 saturated carbocycles. The number of aromatic nitrogens is 1. The summed E-state index contributed by atoms with van der Waals surface area (Å²) in [6, 6.07) is 11.1. The predicted molar refractivity (Wildman–Crippen MR) is 67.7 cm³/mol. The number of nitrogens with one attached hydrogen (secondary N) is 1. The van der Waals surface area contributed by atoms with Crippen molar-refractivity contribution in [3.63, 3.8) is 0 Å². The Morgan fingerprint density at radius 2 is 2.00 bits per heavy atom. The van der Waals surface area contributed by atoms with Crippen LogP contribution < -0.4 is 5.56 Å². The molecule has 1 aromatic heterocycles. The third-order valence-corrected chi connectivity index (χ3v) is 2.65. The van der Waals surface area contributed by atoms with Crippen molar-refractivity contribution in [3.8, 4) is 0 Å². The molecule has 0 saturated heterocycles. The third kappa shape index (κ3) is 2.66. The van der Waals surface area contributed by atoms with Crippen molar-refractivity contribution in [2.75, 3.05) is 7.11 Å². The second kappa shape index (κ2) is 5.31. The van der Waals surface area contributed by atoms with Gasteiger partial charge in [0.1, 0.15) is 0 Å². The zero-order valence-corrected chi connectivity index (χ0v) is 9.97. The van der Waals surface area contributed by atoms with Gasteiger partial charge in [0.05, 0.1) is 12.7 Å². The molecule has 0 fully saturated rings. The molecule has 0 aliphatic rings. The number of carbonyl (C=O) groups excluding carboxylic acids is 1. The van der Waals surface area contributed by atoms with E-state index in [0.29, 0.717) is 17.5 Å². The number of hydrogen-bond donors (Lipinski definition) is 1. The van der Waals surface area contributed by atoms with Crippen LogP contribution in [0.5, 0.6) is 0 Å². The van der Waals surface area contributed by atoms with Gasteiger partial charge in [0.25, 0.3) is 0 Å². The SMILES string of the molecule is COC(=O)c1c[nH]c(=O)cc1Cc1ccccc1. The molecule has 18 heavy (non-hydrogen) atoms. The highest BCUT2D eigenvalue weighted by molar-refractivity contribution is 5.90. The van der Waals surface area contributed by atoms with Crippen LogP contribution in [0.15, 0.2) is 47.4 Å². The second-order valence-electron chi connectivity index (χ2n) is 3.89. The lowest BCUT2D eigenvalue weighted by Gasteiger charge is -2.07. The Morgan fingerprint density at radius 1 is 1.28 bits per heavy atom. The molecular weight excluding hydrogens is 230 g/mol. The summed E-state index contributed by atoms with van der Waals surface area (Å²) in [4.78, 5) is 25.4. The monoisotopic (exact) mass is 243 g/mol. The summed E-state index contributed by atoms with van der Waals surface area (Å²) in [5.41, 5.74) is 1.86. The molecule has 0 aliphatic heterocycles. The summed E-state index contributed by atoms with van der Waals surface area (Å²) in [6.45, 7) is 0. The van der Waals surface area contributed by atoms with Crippen LogP contribution >= 0.6 is 0 Å². The first kappa shape index (κ1) is 12.1. The quantitative estimate of drug-likeness (QED) is 0.835. The van der Waals surface area contributed by atoms with E-state index < -0.39 is 5.97 Å². The van der Waals surface area contributed by atoms with E-state index in [-0.39, 0.29) is 5.56 Å². The van der Waals surface area contributed by atoms with E-state index >= 15 is 0 Å². The molecule has 0 radical (unpaired) electrons. The van der Waals surface area contributed by atoms with E-state index in [1.54, 1.807) is 0 Å². The minimum Gasteiger partial charge on any atom is -0.465 e. The molecule has 0 aliphatic carbocycles. The van der Waals surface area contributed by atoms with E-state index in [1.807, 2.05) is 30.3 Å². The lowest BCUT2D eigenvalue weighted by atomic mass is 10.0. The number of pyridine rings is 1. The minimum absolute atomic E-state index is 0.228.